The second-order valence-corrected chi connectivity index (χ2v) is 5.51. The number of ether oxygens (including phenoxy) is 1. The normalized spacial score (nSPS) is 15.9. The van der Waals surface area contributed by atoms with Gasteiger partial charge in [0.2, 0.25) is 18.0 Å². The zero-order valence-electron chi connectivity index (χ0n) is 13.7. The Bertz CT molecular complexity index is 960. The van der Waals surface area contributed by atoms with Crippen LogP contribution >= 0.6 is 0 Å². The van der Waals surface area contributed by atoms with E-state index in [0.29, 0.717) is 0 Å². The minimum absolute atomic E-state index is 0.0198. The molecule has 0 N–H and O–H groups in total. The van der Waals surface area contributed by atoms with Gasteiger partial charge in [0.25, 0.3) is 11.4 Å². The highest BCUT2D eigenvalue weighted by molar-refractivity contribution is 5.97. The Balaban J connectivity index is 2.06. The summed E-state index contributed by atoms with van der Waals surface area (Å²) < 4.78 is 19.6. The van der Waals surface area contributed by atoms with E-state index in [1.807, 2.05) is 0 Å². The SMILES string of the molecule is CC(=O)N1N=C(c2cc([N+](=O)[O-])cc([N+](=O)[O-])c2)OC1c1ccccc1F. The quantitative estimate of drug-likeness (QED) is 0.598. The summed E-state index contributed by atoms with van der Waals surface area (Å²) in [6, 6.07) is 8.39. The maximum Gasteiger partial charge on any atom is 0.277 e. The first-order valence-electron chi connectivity index (χ1n) is 7.51. The van der Waals surface area contributed by atoms with Crippen LogP contribution in [0.5, 0.6) is 0 Å². The van der Waals surface area contributed by atoms with Crippen molar-refractivity contribution in [2.45, 2.75) is 13.2 Å². The molecule has 10 nitrogen and oxygen atoms in total. The van der Waals surface area contributed by atoms with Crippen molar-refractivity contribution in [1.29, 1.82) is 0 Å². The smallest absolute Gasteiger partial charge is 0.277 e. The number of nitrogens with zero attached hydrogens (tertiary/aromatic N) is 4. The average molecular weight is 374 g/mol. The first kappa shape index (κ1) is 17.9. The molecule has 1 heterocycles. The van der Waals surface area contributed by atoms with Gasteiger partial charge in [-0.1, -0.05) is 18.2 Å². The van der Waals surface area contributed by atoms with Crippen LogP contribution in [0.15, 0.2) is 47.6 Å². The maximum atomic E-state index is 14.1. The minimum Gasteiger partial charge on any atom is -0.446 e. The largest absolute Gasteiger partial charge is 0.446 e. The molecular formula is C16H11FN4O6. The van der Waals surface area contributed by atoms with Gasteiger partial charge in [-0.15, -0.1) is 5.10 Å². The van der Waals surface area contributed by atoms with Crippen LogP contribution in [0.1, 0.15) is 24.3 Å². The number of carbonyl (C=O) groups is 1. The van der Waals surface area contributed by atoms with Crippen LogP contribution in [-0.2, 0) is 9.53 Å². The van der Waals surface area contributed by atoms with Crippen LogP contribution in [0.4, 0.5) is 15.8 Å². The lowest BCUT2D eigenvalue weighted by molar-refractivity contribution is -0.394. The summed E-state index contributed by atoms with van der Waals surface area (Å²) >= 11 is 0. The summed E-state index contributed by atoms with van der Waals surface area (Å²) in [5, 5.41) is 26.9. The third-order valence-corrected chi connectivity index (χ3v) is 3.71. The molecule has 0 bridgehead atoms. The maximum absolute atomic E-state index is 14.1. The van der Waals surface area contributed by atoms with Gasteiger partial charge in [0.15, 0.2) is 0 Å². The molecule has 0 aliphatic carbocycles. The van der Waals surface area contributed by atoms with Gasteiger partial charge in [-0.05, 0) is 6.07 Å². The van der Waals surface area contributed by atoms with Crippen LogP contribution < -0.4 is 0 Å². The van der Waals surface area contributed by atoms with Gasteiger partial charge < -0.3 is 4.74 Å². The fourth-order valence-corrected chi connectivity index (χ4v) is 2.49. The van der Waals surface area contributed by atoms with E-state index in [9.17, 15) is 29.4 Å². The molecular weight excluding hydrogens is 363 g/mol. The molecule has 27 heavy (non-hydrogen) atoms. The summed E-state index contributed by atoms with van der Waals surface area (Å²) in [6.45, 7) is 1.18. The number of nitro groups is 2. The summed E-state index contributed by atoms with van der Waals surface area (Å²) in [5.74, 6) is -1.49. The van der Waals surface area contributed by atoms with Crippen molar-refractivity contribution >= 4 is 23.2 Å². The van der Waals surface area contributed by atoms with Crippen molar-refractivity contribution in [2.75, 3.05) is 0 Å². The lowest BCUT2D eigenvalue weighted by Crippen LogP contribution is -2.26. The van der Waals surface area contributed by atoms with Crippen molar-refractivity contribution in [3.63, 3.8) is 0 Å². The summed E-state index contributed by atoms with van der Waals surface area (Å²) in [6.07, 6.45) is -1.24. The standard InChI is InChI=1S/C16H11FN4O6/c1-9(22)19-16(13-4-2-3-5-14(13)17)27-15(18-19)10-6-11(20(23)24)8-12(7-10)21(25)26/h2-8,16H,1H3. The molecule has 3 rings (SSSR count). The van der Waals surface area contributed by atoms with E-state index in [1.54, 1.807) is 0 Å². The van der Waals surface area contributed by atoms with E-state index >= 15 is 0 Å². The molecule has 2 aromatic carbocycles. The van der Waals surface area contributed by atoms with Crippen molar-refractivity contribution in [3.8, 4) is 0 Å². The van der Waals surface area contributed by atoms with E-state index in [4.69, 9.17) is 4.74 Å². The molecule has 11 heteroatoms. The Labute approximate surface area is 150 Å². The number of amides is 1. The molecule has 138 valence electrons. The number of hydrazone groups is 1. The molecule has 1 atom stereocenters. The minimum atomic E-state index is -1.24. The van der Waals surface area contributed by atoms with Crippen LogP contribution in [0.25, 0.3) is 0 Å². The van der Waals surface area contributed by atoms with E-state index in [-0.39, 0.29) is 17.0 Å². The molecule has 0 spiro atoms. The summed E-state index contributed by atoms with van der Waals surface area (Å²) in [4.78, 5) is 32.3. The number of nitro benzene ring substituents is 2. The van der Waals surface area contributed by atoms with Crippen LogP contribution in [0, 0.1) is 26.0 Å². The highest BCUT2D eigenvalue weighted by Crippen LogP contribution is 2.33. The zero-order valence-corrected chi connectivity index (χ0v) is 13.7. The van der Waals surface area contributed by atoms with E-state index in [0.717, 1.165) is 23.2 Å². The van der Waals surface area contributed by atoms with Gasteiger partial charge in [-0.2, -0.15) is 5.01 Å². The van der Waals surface area contributed by atoms with Gasteiger partial charge in [0.05, 0.1) is 27.0 Å². The predicted molar refractivity (Wildman–Crippen MR) is 89.0 cm³/mol. The monoisotopic (exact) mass is 374 g/mol. The fourth-order valence-electron chi connectivity index (χ4n) is 2.49. The van der Waals surface area contributed by atoms with Crippen molar-refractivity contribution in [1.82, 2.24) is 5.01 Å². The Morgan fingerprint density at radius 1 is 1.15 bits per heavy atom. The zero-order chi connectivity index (χ0) is 19.7. The van der Waals surface area contributed by atoms with E-state index in [1.165, 1.54) is 31.2 Å². The Morgan fingerprint density at radius 2 is 1.74 bits per heavy atom. The molecule has 0 radical (unpaired) electrons. The van der Waals surface area contributed by atoms with Gasteiger partial charge in [-0.3, -0.25) is 25.0 Å². The van der Waals surface area contributed by atoms with Gasteiger partial charge >= 0.3 is 0 Å². The predicted octanol–water partition coefficient (Wildman–Crippen LogP) is 2.88. The number of hydrogen-bond acceptors (Lipinski definition) is 7. The van der Waals surface area contributed by atoms with Crippen molar-refractivity contribution < 1.29 is 23.8 Å². The molecule has 1 aliphatic rings. The molecule has 2 aromatic rings. The molecule has 1 unspecified atom stereocenters. The number of carbonyl (C=O) groups excluding carboxylic acids is 1. The first-order valence-corrected chi connectivity index (χ1v) is 7.51. The van der Waals surface area contributed by atoms with Crippen LogP contribution in [0.2, 0.25) is 0 Å². The molecule has 0 saturated heterocycles. The topological polar surface area (TPSA) is 128 Å². The molecule has 0 fully saturated rings. The van der Waals surface area contributed by atoms with Crippen LogP contribution in [0.3, 0.4) is 0 Å². The number of benzene rings is 2. The van der Waals surface area contributed by atoms with Crippen molar-refractivity contribution in [2.24, 2.45) is 5.10 Å². The first-order chi connectivity index (χ1) is 12.8. The van der Waals surface area contributed by atoms with Crippen molar-refractivity contribution in [3.05, 3.63) is 79.6 Å². The Kier molecular flexibility index (Phi) is 4.50. The average Bonchev–Trinajstić information content (AvgIpc) is 3.07. The second kappa shape index (κ2) is 6.78. The summed E-state index contributed by atoms with van der Waals surface area (Å²) in [5.41, 5.74) is -1.16. The molecule has 0 saturated carbocycles. The Morgan fingerprint density at radius 3 is 2.26 bits per heavy atom. The highest BCUT2D eigenvalue weighted by Gasteiger charge is 2.35. The molecule has 0 aromatic heterocycles. The lowest BCUT2D eigenvalue weighted by atomic mass is 10.1. The fraction of sp³-hybridized carbons (Fsp3) is 0.125. The van der Waals surface area contributed by atoms with E-state index < -0.39 is 39.2 Å². The van der Waals surface area contributed by atoms with Gasteiger partial charge in [-0.25, -0.2) is 4.39 Å². The highest BCUT2D eigenvalue weighted by atomic mass is 19.1. The third-order valence-electron chi connectivity index (χ3n) is 3.71. The van der Waals surface area contributed by atoms with Crippen LogP contribution in [-0.4, -0.2) is 26.7 Å². The lowest BCUT2D eigenvalue weighted by Gasteiger charge is -2.19. The second-order valence-electron chi connectivity index (χ2n) is 5.51. The third kappa shape index (κ3) is 3.42. The molecule has 1 aliphatic heterocycles. The van der Waals surface area contributed by atoms with Gasteiger partial charge in [0, 0.05) is 19.1 Å². The number of non-ortho nitro benzene ring substituents is 2. The van der Waals surface area contributed by atoms with E-state index in [2.05, 4.69) is 5.10 Å². The molecule has 1 amide bonds. The van der Waals surface area contributed by atoms with Gasteiger partial charge in [0.1, 0.15) is 5.82 Å². The number of halogens is 1. The number of hydrogen-bond donors (Lipinski definition) is 0. The Hall–Kier alpha value is -3.89. The number of rotatable bonds is 4. The summed E-state index contributed by atoms with van der Waals surface area (Å²) in [7, 11) is 0.